The molecule has 1 aromatic heterocycles. The molecule has 3 heteroatoms. The van der Waals surface area contributed by atoms with Gasteiger partial charge in [0.2, 0.25) is 0 Å². The third-order valence-corrected chi connectivity index (χ3v) is 1.41. The average molecular weight is 164 g/mol. The van der Waals surface area contributed by atoms with Crippen LogP contribution in [0, 0.1) is 6.92 Å². The van der Waals surface area contributed by atoms with E-state index in [2.05, 4.69) is 9.97 Å². The quantitative estimate of drug-likeness (QED) is 0.729. The molecule has 0 aromatic carbocycles. The van der Waals surface area contributed by atoms with Crippen molar-refractivity contribution in [1.82, 2.24) is 9.97 Å². The molecule has 1 rings (SSSR count). The molecule has 64 valence electrons. The van der Waals surface area contributed by atoms with Gasteiger partial charge in [-0.2, -0.15) is 0 Å². The predicted molar refractivity (Wildman–Crippen MR) is 47.5 cm³/mol. The highest BCUT2D eigenvalue weighted by Gasteiger charge is 1.87. The minimum absolute atomic E-state index is 0.184. The molecule has 0 atom stereocenters. The first-order valence-corrected chi connectivity index (χ1v) is 3.89. The van der Waals surface area contributed by atoms with Gasteiger partial charge in [0.1, 0.15) is 5.82 Å². The van der Waals surface area contributed by atoms with Crippen molar-refractivity contribution in [3.8, 4) is 0 Å². The van der Waals surface area contributed by atoms with Crippen molar-refractivity contribution in [2.75, 3.05) is 6.61 Å². The molecular formula is C9H12N2O. The number of aliphatic hydroxyl groups excluding tert-OH is 1. The van der Waals surface area contributed by atoms with E-state index in [1.165, 1.54) is 0 Å². The van der Waals surface area contributed by atoms with Gasteiger partial charge in [0.25, 0.3) is 0 Å². The highest BCUT2D eigenvalue weighted by atomic mass is 16.2. The van der Waals surface area contributed by atoms with E-state index >= 15 is 0 Å². The average Bonchev–Trinajstić information content (AvgIpc) is 2.09. The molecule has 0 spiro atoms. The van der Waals surface area contributed by atoms with Crippen LogP contribution in [0.5, 0.6) is 0 Å². The number of hydrogen-bond acceptors (Lipinski definition) is 3. The van der Waals surface area contributed by atoms with Crippen molar-refractivity contribution in [3.63, 3.8) is 0 Å². The third kappa shape index (κ3) is 2.80. The summed E-state index contributed by atoms with van der Waals surface area (Å²) in [4.78, 5) is 8.07. The van der Waals surface area contributed by atoms with Crippen LogP contribution in [0.3, 0.4) is 0 Å². The summed E-state index contributed by atoms with van der Waals surface area (Å²) in [5.74, 6) is 0.773. The lowest BCUT2D eigenvalue weighted by molar-refractivity contribution is 0.303. The van der Waals surface area contributed by atoms with Crippen LogP contribution in [0.15, 0.2) is 18.5 Å². The van der Waals surface area contributed by atoms with Gasteiger partial charge in [-0.15, -0.1) is 0 Å². The van der Waals surface area contributed by atoms with E-state index in [0.29, 0.717) is 6.42 Å². The largest absolute Gasteiger partial charge is 0.396 e. The van der Waals surface area contributed by atoms with E-state index < -0.39 is 0 Å². The maximum atomic E-state index is 8.51. The van der Waals surface area contributed by atoms with Crippen molar-refractivity contribution < 1.29 is 5.11 Å². The Morgan fingerprint density at radius 3 is 2.67 bits per heavy atom. The fourth-order valence-corrected chi connectivity index (χ4v) is 0.783. The predicted octanol–water partition coefficient (Wildman–Crippen LogP) is 1.18. The molecule has 0 unspecified atom stereocenters. The topological polar surface area (TPSA) is 46.0 Å². The minimum atomic E-state index is 0.184. The normalized spacial score (nSPS) is 10.8. The monoisotopic (exact) mass is 164 g/mol. The summed E-state index contributed by atoms with van der Waals surface area (Å²) in [5, 5.41) is 8.51. The van der Waals surface area contributed by atoms with Crippen LogP contribution in [0.25, 0.3) is 6.08 Å². The van der Waals surface area contributed by atoms with Crippen molar-refractivity contribution in [3.05, 3.63) is 29.9 Å². The van der Waals surface area contributed by atoms with Crippen LogP contribution in [0.1, 0.15) is 17.8 Å². The van der Waals surface area contributed by atoms with Crippen LogP contribution in [0.2, 0.25) is 0 Å². The van der Waals surface area contributed by atoms with Crippen LogP contribution < -0.4 is 0 Å². The number of nitrogens with zero attached hydrogens (tertiary/aromatic N) is 2. The van der Waals surface area contributed by atoms with E-state index in [0.717, 1.165) is 11.4 Å². The molecule has 0 saturated carbocycles. The first-order valence-electron chi connectivity index (χ1n) is 3.89. The number of rotatable bonds is 3. The third-order valence-electron chi connectivity index (χ3n) is 1.41. The second-order valence-electron chi connectivity index (χ2n) is 2.48. The van der Waals surface area contributed by atoms with Crippen molar-refractivity contribution in [2.24, 2.45) is 0 Å². The number of aliphatic hydroxyl groups is 1. The van der Waals surface area contributed by atoms with Crippen molar-refractivity contribution >= 4 is 6.08 Å². The second kappa shape index (κ2) is 4.62. The Morgan fingerprint density at radius 2 is 2.08 bits per heavy atom. The van der Waals surface area contributed by atoms with Gasteiger partial charge in [-0.3, -0.25) is 0 Å². The fraction of sp³-hybridized carbons (Fsp3) is 0.333. The molecule has 0 aliphatic rings. The molecule has 1 heterocycles. The van der Waals surface area contributed by atoms with Crippen LogP contribution in [-0.2, 0) is 0 Å². The van der Waals surface area contributed by atoms with Gasteiger partial charge in [-0.05, 0) is 13.3 Å². The van der Waals surface area contributed by atoms with E-state index in [4.69, 9.17) is 5.11 Å². The smallest absolute Gasteiger partial charge is 0.125 e. The van der Waals surface area contributed by atoms with E-state index in [-0.39, 0.29) is 6.61 Å². The van der Waals surface area contributed by atoms with Gasteiger partial charge in [0.05, 0.1) is 0 Å². The Kier molecular flexibility index (Phi) is 3.41. The Hall–Kier alpha value is -1.22. The van der Waals surface area contributed by atoms with Gasteiger partial charge in [0, 0.05) is 24.6 Å². The molecular weight excluding hydrogens is 152 g/mol. The molecule has 0 bridgehead atoms. The van der Waals surface area contributed by atoms with Gasteiger partial charge < -0.3 is 5.11 Å². The second-order valence-corrected chi connectivity index (χ2v) is 2.48. The molecule has 1 aromatic rings. The zero-order chi connectivity index (χ0) is 8.81. The Labute approximate surface area is 71.8 Å². The molecule has 0 amide bonds. The van der Waals surface area contributed by atoms with Crippen molar-refractivity contribution in [2.45, 2.75) is 13.3 Å². The standard InChI is InChI=1S/C9H12N2O/c1-8-10-6-9(7-11-8)4-2-3-5-12/h2,4,6-7,12H,3,5H2,1H3. The van der Waals surface area contributed by atoms with Gasteiger partial charge in [0.15, 0.2) is 0 Å². The zero-order valence-corrected chi connectivity index (χ0v) is 7.07. The lowest BCUT2D eigenvalue weighted by atomic mass is 10.3. The summed E-state index contributed by atoms with van der Waals surface area (Å²) in [6, 6.07) is 0. The Bertz CT molecular complexity index is 254. The SMILES string of the molecule is Cc1ncc(C=CCCO)cn1. The molecule has 3 nitrogen and oxygen atoms in total. The van der Waals surface area contributed by atoms with E-state index in [9.17, 15) is 0 Å². The Morgan fingerprint density at radius 1 is 1.42 bits per heavy atom. The summed E-state index contributed by atoms with van der Waals surface area (Å²) < 4.78 is 0. The maximum absolute atomic E-state index is 8.51. The van der Waals surface area contributed by atoms with Crippen molar-refractivity contribution in [1.29, 1.82) is 0 Å². The van der Waals surface area contributed by atoms with Crippen LogP contribution >= 0.6 is 0 Å². The van der Waals surface area contributed by atoms with E-state index in [1.807, 2.05) is 19.1 Å². The molecule has 0 fully saturated rings. The highest BCUT2D eigenvalue weighted by molar-refractivity contribution is 5.46. The first kappa shape index (κ1) is 8.87. The van der Waals surface area contributed by atoms with Crippen LogP contribution in [-0.4, -0.2) is 21.7 Å². The van der Waals surface area contributed by atoms with Gasteiger partial charge in [-0.1, -0.05) is 12.2 Å². The van der Waals surface area contributed by atoms with Crippen LogP contribution in [0.4, 0.5) is 0 Å². The maximum Gasteiger partial charge on any atom is 0.125 e. The lowest BCUT2D eigenvalue weighted by Gasteiger charge is -1.92. The molecule has 0 aliphatic carbocycles. The fourth-order valence-electron chi connectivity index (χ4n) is 0.783. The Balaban J connectivity index is 2.58. The summed E-state index contributed by atoms with van der Waals surface area (Å²) in [6.45, 7) is 2.03. The van der Waals surface area contributed by atoms with Gasteiger partial charge >= 0.3 is 0 Å². The molecule has 12 heavy (non-hydrogen) atoms. The first-order chi connectivity index (χ1) is 5.83. The van der Waals surface area contributed by atoms with E-state index in [1.54, 1.807) is 12.4 Å². The molecule has 0 radical (unpaired) electrons. The molecule has 1 N–H and O–H groups in total. The highest BCUT2D eigenvalue weighted by Crippen LogP contribution is 1.98. The minimum Gasteiger partial charge on any atom is -0.396 e. The summed E-state index contributed by atoms with van der Waals surface area (Å²) >= 11 is 0. The summed E-state index contributed by atoms with van der Waals surface area (Å²) in [6.07, 6.45) is 7.99. The number of hydrogen-bond donors (Lipinski definition) is 1. The summed E-state index contributed by atoms with van der Waals surface area (Å²) in [5.41, 5.74) is 0.967. The number of aromatic nitrogens is 2. The lowest BCUT2D eigenvalue weighted by Crippen LogP contribution is -1.86. The molecule has 0 saturated heterocycles. The zero-order valence-electron chi connectivity index (χ0n) is 7.07. The summed E-state index contributed by atoms with van der Waals surface area (Å²) in [7, 11) is 0. The number of aryl methyl sites for hydroxylation is 1. The van der Waals surface area contributed by atoms with Gasteiger partial charge in [-0.25, -0.2) is 9.97 Å². The molecule has 0 aliphatic heterocycles.